The summed E-state index contributed by atoms with van der Waals surface area (Å²) in [6.45, 7) is 3.70. The molecular weight excluding hydrogens is 378 g/mol. The van der Waals surface area contributed by atoms with Crippen LogP contribution in [0.3, 0.4) is 0 Å². The van der Waals surface area contributed by atoms with Crippen LogP contribution >= 0.6 is 0 Å². The van der Waals surface area contributed by atoms with Crippen molar-refractivity contribution in [3.63, 3.8) is 0 Å². The first-order chi connectivity index (χ1) is 14.7. The molecule has 162 valence electrons. The van der Waals surface area contributed by atoms with Crippen LogP contribution in [0.5, 0.6) is 5.75 Å². The molecule has 2 aliphatic rings. The number of rotatable bonds is 7. The lowest BCUT2D eigenvalue weighted by Crippen LogP contribution is -2.46. The average Bonchev–Trinajstić information content (AvgIpc) is 2.79. The SMILES string of the molecule is COCCN1CCC(C(=O)NC2CCC(Oc3ccc4ncccc4c3)CC2)CC1. The number of pyridine rings is 1. The van der Waals surface area contributed by atoms with E-state index in [1.807, 2.05) is 24.4 Å². The number of benzene rings is 1. The van der Waals surface area contributed by atoms with Crippen molar-refractivity contribution in [1.82, 2.24) is 15.2 Å². The van der Waals surface area contributed by atoms with Crippen molar-refractivity contribution >= 4 is 16.8 Å². The summed E-state index contributed by atoms with van der Waals surface area (Å²) >= 11 is 0. The number of hydrogen-bond acceptors (Lipinski definition) is 5. The molecule has 2 fully saturated rings. The van der Waals surface area contributed by atoms with Gasteiger partial charge in [-0.1, -0.05) is 6.07 Å². The Morgan fingerprint density at radius 2 is 1.93 bits per heavy atom. The predicted molar refractivity (Wildman–Crippen MR) is 118 cm³/mol. The number of fused-ring (bicyclic) bond motifs is 1. The lowest BCUT2D eigenvalue weighted by atomic mass is 9.91. The fourth-order valence-electron chi connectivity index (χ4n) is 4.60. The van der Waals surface area contributed by atoms with Crippen LogP contribution in [-0.4, -0.2) is 61.3 Å². The molecule has 4 rings (SSSR count). The Kier molecular flexibility index (Phi) is 7.18. The number of likely N-dealkylation sites (tertiary alicyclic amines) is 1. The molecule has 0 atom stereocenters. The van der Waals surface area contributed by atoms with Crippen LogP contribution in [0.15, 0.2) is 36.5 Å². The minimum absolute atomic E-state index is 0.156. The van der Waals surface area contributed by atoms with Gasteiger partial charge in [0.2, 0.25) is 5.91 Å². The van der Waals surface area contributed by atoms with Gasteiger partial charge < -0.3 is 19.7 Å². The highest BCUT2D eigenvalue weighted by molar-refractivity contribution is 5.80. The summed E-state index contributed by atoms with van der Waals surface area (Å²) in [5.41, 5.74) is 0.987. The van der Waals surface area contributed by atoms with Crippen LogP contribution in [-0.2, 0) is 9.53 Å². The molecule has 1 saturated heterocycles. The second-order valence-electron chi connectivity index (χ2n) is 8.57. The molecule has 0 bridgehead atoms. The van der Waals surface area contributed by atoms with E-state index in [-0.39, 0.29) is 24.0 Å². The Balaban J connectivity index is 1.19. The number of nitrogens with one attached hydrogen (secondary N) is 1. The van der Waals surface area contributed by atoms with Crippen molar-refractivity contribution in [1.29, 1.82) is 0 Å². The minimum Gasteiger partial charge on any atom is -0.490 e. The number of nitrogens with zero attached hydrogens (tertiary/aromatic N) is 2. The second-order valence-corrected chi connectivity index (χ2v) is 8.57. The van der Waals surface area contributed by atoms with Gasteiger partial charge in [-0.3, -0.25) is 9.78 Å². The van der Waals surface area contributed by atoms with Gasteiger partial charge in [0.25, 0.3) is 0 Å². The van der Waals surface area contributed by atoms with Crippen LogP contribution in [0, 0.1) is 5.92 Å². The maximum absolute atomic E-state index is 12.7. The van der Waals surface area contributed by atoms with Gasteiger partial charge in [0.1, 0.15) is 5.75 Å². The number of piperidine rings is 1. The Morgan fingerprint density at radius 1 is 1.13 bits per heavy atom. The van der Waals surface area contributed by atoms with Gasteiger partial charge >= 0.3 is 0 Å². The molecule has 30 heavy (non-hydrogen) atoms. The molecule has 1 aliphatic carbocycles. The van der Waals surface area contributed by atoms with Gasteiger partial charge in [-0.05, 0) is 75.9 Å². The quantitative estimate of drug-likeness (QED) is 0.757. The highest BCUT2D eigenvalue weighted by Crippen LogP contribution is 2.27. The van der Waals surface area contributed by atoms with Crippen molar-refractivity contribution < 1.29 is 14.3 Å². The molecule has 2 heterocycles. The number of aromatic nitrogens is 1. The Hall–Kier alpha value is -2.18. The van der Waals surface area contributed by atoms with Crippen molar-refractivity contribution in [2.45, 2.75) is 50.7 Å². The second kappa shape index (κ2) is 10.2. The van der Waals surface area contributed by atoms with Crippen LogP contribution in [0.1, 0.15) is 38.5 Å². The third-order valence-corrected chi connectivity index (χ3v) is 6.47. The van der Waals surface area contributed by atoms with Crippen molar-refractivity contribution in [3.8, 4) is 5.75 Å². The lowest BCUT2D eigenvalue weighted by Gasteiger charge is -2.33. The van der Waals surface area contributed by atoms with E-state index in [1.54, 1.807) is 7.11 Å². The molecule has 2 aromatic rings. The minimum atomic E-state index is 0.156. The van der Waals surface area contributed by atoms with Crippen molar-refractivity contribution in [3.05, 3.63) is 36.5 Å². The molecule has 1 aromatic heterocycles. The smallest absolute Gasteiger partial charge is 0.223 e. The summed E-state index contributed by atoms with van der Waals surface area (Å²) in [4.78, 5) is 19.4. The largest absolute Gasteiger partial charge is 0.490 e. The maximum atomic E-state index is 12.7. The van der Waals surface area contributed by atoms with Crippen molar-refractivity contribution in [2.75, 3.05) is 33.4 Å². The molecule has 1 aromatic carbocycles. The molecule has 6 nitrogen and oxygen atoms in total. The van der Waals surface area contributed by atoms with E-state index in [0.29, 0.717) is 0 Å². The Morgan fingerprint density at radius 3 is 2.70 bits per heavy atom. The van der Waals surface area contributed by atoms with E-state index in [1.165, 1.54) is 0 Å². The average molecular weight is 412 g/mol. The first-order valence-corrected chi connectivity index (χ1v) is 11.2. The number of amides is 1. The van der Waals surface area contributed by atoms with E-state index < -0.39 is 0 Å². The zero-order chi connectivity index (χ0) is 20.8. The molecule has 6 heteroatoms. The predicted octanol–water partition coefficient (Wildman–Crippen LogP) is 3.40. The van der Waals surface area contributed by atoms with Gasteiger partial charge in [0, 0.05) is 37.2 Å². The van der Waals surface area contributed by atoms with Gasteiger partial charge in [0.05, 0.1) is 18.2 Å². The number of methoxy groups -OCH3 is 1. The van der Waals surface area contributed by atoms with E-state index in [9.17, 15) is 4.79 Å². The Labute approximate surface area is 178 Å². The van der Waals surface area contributed by atoms with Crippen LogP contribution < -0.4 is 10.1 Å². The van der Waals surface area contributed by atoms with Gasteiger partial charge in [-0.15, -0.1) is 0 Å². The molecule has 0 radical (unpaired) electrons. The number of carbonyl (C=O) groups excluding carboxylic acids is 1. The summed E-state index contributed by atoms with van der Waals surface area (Å²) in [7, 11) is 1.74. The normalized spacial score (nSPS) is 23.4. The summed E-state index contributed by atoms with van der Waals surface area (Å²) in [6.07, 6.45) is 7.85. The van der Waals surface area contributed by atoms with Gasteiger partial charge in [-0.2, -0.15) is 0 Å². The summed E-state index contributed by atoms with van der Waals surface area (Å²) < 4.78 is 11.4. The molecule has 0 unspecified atom stereocenters. The van der Waals surface area contributed by atoms with E-state index >= 15 is 0 Å². The van der Waals surface area contributed by atoms with Crippen LogP contribution in [0.4, 0.5) is 0 Å². The molecule has 0 spiro atoms. The molecule has 1 saturated carbocycles. The van der Waals surface area contributed by atoms with Crippen LogP contribution in [0.25, 0.3) is 10.9 Å². The van der Waals surface area contributed by atoms with Crippen molar-refractivity contribution in [2.24, 2.45) is 5.92 Å². The molecule has 1 amide bonds. The highest BCUT2D eigenvalue weighted by atomic mass is 16.5. The first-order valence-electron chi connectivity index (χ1n) is 11.2. The molecule has 1 N–H and O–H groups in total. The third kappa shape index (κ3) is 5.49. The Bertz CT molecular complexity index is 827. The summed E-state index contributed by atoms with van der Waals surface area (Å²) in [6, 6.07) is 10.4. The number of ether oxygens (including phenoxy) is 2. The molecule has 1 aliphatic heterocycles. The zero-order valence-electron chi connectivity index (χ0n) is 17.9. The fraction of sp³-hybridized carbons (Fsp3) is 0.583. The highest BCUT2D eigenvalue weighted by Gasteiger charge is 2.28. The summed E-state index contributed by atoms with van der Waals surface area (Å²) in [5.74, 6) is 1.31. The maximum Gasteiger partial charge on any atom is 0.223 e. The van der Waals surface area contributed by atoms with E-state index in [0.717, 1.165) is 81.4 Å². The zero-order valence-corrected chi connectivity index (χ0v) is 17.9. The molecular formula is C24H33N3O3. The van der Waals surface area contributed by atoms with E-state index in [4.69, 9.17) is 9.47 Å². The van der Waals surface area contributed by atoms with Crippen LogP contribution in [0.2, 0.25) is 0 Å². The van der Waals surface area contributed by atoms with Gasteiger partial charge in [-0.25, -0.2) is 0 Å². The van der Waals surface area contributed by atoms with E-state index in [2.05, 4.69) is 27.3 Å². The summed E-state index contributed by atoms with van der Waals surface area (Å²) in [5, 5.41) is 4.41. The monoisotopic (exact) mass is 411 g/mol. The fourth-order valence-corrected chi connectivity index (χ4v) is 4.60. The third-order valence-electron chi connectivity index (χ3n) is 6.47. The first kappa shape index (κ1) is 21.1. The number of carbonyl (C=O) groups is 1. The number of hydrogen-bond donors (Lipinski definition) is 1. The lowest BCUT2D eigenvalue weighted by molar-refractivity contribution is -0.127. The standard InChI is InChI=1S/C24H33N3O3/c1-29-16-15-27-13-10-18(11-14-27)24(28)26-20-4-6-21(7-5-20)30-22-8-9-23-19(17-22)3-2-12-25-23/h2-3,8-9,12,17-18,20-21H,4-7,10-11,13-16H2,1H3,(H,26,28). The van der Waals surface area contributed by atoms with Gasteiger partial charge in [0.15, 0.2) is 0 Å². The topological polar surface area (TPSA) is 63.7 Å².